The Morgan fingerprint density at radius 3 is 2.82 bits per heavy atom. The molecule has 1 fully saturated rings. The van der Waals surface area contributed by atoms with Crippen LogP contribution in [0.2, 0.25) is 0 Å². The first-order valence-electron chi connectivity index (χ1n) is 4.99. The first-order chi connectivity index (χ1) is 5.25. The van der Waals surface area contributed by atoms with Crippen molar-refractivity contribution in [2.45, 2.75) is 46.1 Å². The zero-order valence-electron chi connectivity index (χ0n) is 8.06. The predicted octanol–water partition coefficient (Wildman–Crippen LogP) is 2.42. The Balaban J connectivity index is 2.40. The zero-order valence-corrected chi connectivity index (χ0v) is 8.06. The minimum absolute atomic E-state index is 0.749. The quantitative estimate of drug-likeness (QED) is 0.645. The summed E-state index contributed by atoms with van der Waals surface area (Å²) in [5.41, 5.74) is 0. The second kappa shape index (κ2) is 4.10. The standard InChI is InChI=1S/C10H21N/c1-4-8(2)10-6-5-7-11-9(10)3/h8-11H,4-7H2,1-3H3. The Morgan fingerprint density at radius 1 is 1.55 bits per heavy atom. The third kappa shape index (κ3) is 2.19. The second-order valence-corrected chi connectivity index (χ2v) is 3.93. The van der Waals surface area contributed by atoms with Gasteiger partial charge < -0.3 is 5.32 Å². The maximum absolute atomic E-state index is 3.55. The third-order valence-corrected chi connectivity index (χ3v) is 3.20. The van der Waals surface area contributed by atoms with Gasteiger partial charge in [-0.2, -0.15) is 0 Å². The second-order valence-electron chi connectivity index (χ2n) is 3.93. The van der Waals surface area contributed by atoms with Crippen LogP contribution in [0, 0.1) is 11.8 Å². The first kappa shape index (κ1) is 9.05. The van der Waals surface area contributed by atoms with Crippen molar-refractivity contribution in [1.29, 1.82) is 0 Å². The van der Waals surface area contributed by atoms with Crippen molar-refractivity contribution in [3.8, 4) is 0 Å². The molecule has 0 amide bonds. The van der Waals surface area contributed by atoms with Gasteiger partial charge in [0, 0.05) is 6.04 Å². The predicted molar refractivity (Wildman–Crippen MR) is 49.6 cm³/mol. The van der Waals surface area contributed by atoms with Crippen LogP contribution in [0.4, 0.5) is 0 Å². The van der Waals surface area contributed by atoms with Crippen LogP contribution in [0.5, 0.6) is 0 Å². The van der Waals surface area contributed by atoms with Gasteiger partial charge in [0.25, 0.3) is 0 Å². The Hall–Kier alpha value is -0.0400. The van der Waals surface area contributed by atoms with Crippen LogP contribution in [0.25, 0.3) is 0 Å². The van der Waals surface area contributed by atoms with Crippen molar-refractivity contribution in [2.75, 3.05) is 6.54 Å². The van der Waals surface area contributed by atoms with Crippen molar-refractivity contribution in [3.05, 3.63) is 0 Å². The molecule has 1 rings (SSSR count). The van der Waals surface area contributed by atoms with Gasteiger partial charge in [0.15, 0.2) is 0 Å². The highest BCUT2D eigenvalue weighted by molar-refractivity contribution is 4.80. The topological polar surface area (TPSA) is 12.0 Å². The maximum Gasteiger partial charge on any atom is 0.00695 e. The van der Waals surface area contributed by atoms with Crippen molar-refractivity contribution in [3.63, 3.8) is 0 Å². The fraction of sp³-hybridized carbons (Fsp3) is 1.00. The van der Waals surface area contributed by atoms with Gasteiger partial charge in [0.1, 0.15) is 0 Å². The van der Waals surface area contributed by atoms with Crippen LogP contribution in [0.1, 0.15) is 40.0 Å². The Kier molecular flexibility index (Phi) is 3.38. The molecule has 0 aromatic carbocycles. The Morgan fingerprint density at radius 2 is 2.27 bits per heavy atom. The van der Waals surface area contributed by atoms with Crippen LogP contribution >= 0.6 is 0 Å². The number of piperidine rings is 1. The fourth-order valence-electron chi connectivity index (χ4n) is 2.15. The van der Waals surface area contributed by atoms with Gasteiger partial charge in [-0.15, -0.1) is 0 Å². The van der Waals surface area contributed by atoms with Crippen molar-refractivity contribution < 1.29 is 0 Å². The van der Waals surface area contributed by atoms with Crippen LogP contribution in [-0.4, -0.2) is 12.6 Å². The zero-order chi connectivity index (χ0) is 8.27. The summed E-state index contributed by atoms with van der Waals surface area (Å²) in [5.74, 6) is 1.83. The molecule has 0 spiro atoms. The van der Waals surface area contributed by atoms with Gasteiger partial charge in [-0.3, -0.25) is 0 Å². The lowest BCUT2D eigenvalue weighted by molar-refractivity contribution is 0.215. The summed E-state index contributed by atoms with van der Waals surface area (Å²) in [6, 6.07) is 0.749. The molecule has 11 heavy (non-hydrogen) atoms. The molecule has 0 aromatic heterocycles. The highest BCUT2D eigenvalue weighted by Crippen LogP contribution is 2.26. The molecule has 1 heterocycles. The highest BCUT2D eigenvalue weighted by atomic mass is 14.9. The summed E-state index contributed by atoms with van der Waals surface area (Å²) < 4.78 is 0. The summed E-state index contributed by atoms with van der Waals surface area (Å²) in [5, 5.41) is 3.55. The van der Waals surface area contributed by atoms with Crippen LogP contribution in [-0.2, 0) is 0 Å². The highest BCUT2D eigenvalue weighted by Gasteiger charge is 2.24. The molecular formula is C10H21N. The molecule has 1 N–H and O–H groups in total. The van der Waals surface area contributed by atoms with Gasteiger partial charge in [0.05, 0.1) is 0 Å². The van der Waals surface area contributed by atoms with Crippen molar-refractivity contribution >= 4 is 0 Å². The smallest absolute Gasteiger partial charge is 0.00695 e. The molecular weight excluding hydrogens is 134 g/mol. The van der Waals surface area contributed by atoms with E-state index in [2.05, 4.69) is 26.1 Å². The van der Waals surface area contributed by atoms with Crippen molar-refractivity contribution in [1.82, 2.24) is 5.32 Å². The number of rotatable bonds is 2. The van der Waals surface area contributed by atoms with E-state index in [1.807, 2.05) is 0 Å². The molecule has 1 aliphatic heterocycles. The minimum Gasteiger partial charge on any atom is -0.314 e. The van der Waals surface area contributed by atoms with E-state index in [0.717, 1.165) is 17.9 Å². The van der Waals surface area contributed by atoms with E-state index in [1.54, 1.807) is 0 Å². The van der Waals surface area contributed by atoms with E-state index >= 15 is 0 Å². The van der Waals surface area contributed by atoms with Crippen LogP contribution in [0.15, 0.2) is 0 Å². The molecule has 0 bridgehead atoms. The normalized spacial score (nSPS) is 35.2. The average Bonchev–Trinajstić information content (AvgIpc) is 2.04. The minimum atomic E-state index is 0.749. The van der Waals surface area contributed by atoms with E-state index in [4.69, 9.17) is 0 Å². The molecule has 1 nitrogen and oxygen atoms in total. The van der Waals surface area contributed by atoms with Crippen LogP contribution in [0.3, 0.4) is 0 Å². The molecule has 0 radical (unpaired) electrons. The molecule has 0 aliphatic carbocycles. The van der Waals surface area contributed by atoms with E-state index in [1.165, 1.54) is 25.8 Å². The Labute approximate surface area is 70.6 Å². The summed E-state index contributed by atoms with van der Waals surface area (Å²) in [6.45, 7) is 8.24. The number of hydrogen-bond acceptors (Lipinski definition) is 1. The molecule has 0 saturated carbocycles. The molecule has 66 valence electrons. The monoisotopic (exact) mass is 155 g/mol. The molecule has 0 aromatic rings. The van der Waals surface area contributed by atoms with Crippen molar-refractivity contribution in [2.24, 2.45) is 11.8 Å². The molecule has 3 atom stereocenters. The summed E-state index contributed by atoms with van der Waals surface area (Å²) in [4.78, 5) is 0. The average molecular weight is 155 g/mol. The number of hydrogen-bond donors (Lipinski definition) is 1. The SMILES string of the molecule is CCC(C)C1CCCNC1C. The van der Waals surface area contributed by atoms with E-state index in [-0.39, 0.29) is 0 Å². The first-order valence-corrected chi connectivity index (χ1v) is 4.99. The maximum atomic E-state index is 3.55. The lowest BCUT2D eigenvalue weighted by Crippen LogP contribution is -2.41. The van der Waals surface area contributed by atoms with E-state index in [0.29, 0.717) is 0 Å². The third-order valence-electron chi connectivity index (χ3n) is 3.20. The van der Waals surface area contributed by atoms with Crippen LogP contribution < -0.4 is 5.32 Å². The van der Waals surface area contributed by atoms with Gasteiger partial charge in [-0.1, -0.05) is 20.3 Å². The largest absolute Gasteiger partial charge is 0.314 e. The number of nitrogens with one attached hydrogen (secondary N) is 1. The molecule has 1 aliphatic rings. The summed E-state index contributed by atoms with van der Waals surface area (Å²) in [7, 11) is 0. The van der Waals surface area contributed by atoms with Gasteiger partial charge >= 0.3 is 0 Å². The molecule has 3 unspecified atom stereocenters. The fourth-order valence-corrected chi connectivity index (χ4v) is 2.15. The summed E-state index contributed by atoms with van der Waals surface area (Å²) >= 11 is 0. The molecule has 1 heteroatoms. The van der Waals surface area contributed by atoms with Gasteiger partial charge in [-0.05, 0) is 38.1 Å². The summed E-state index contributed by atoms with van der Waals surface area (Å²) in [6.07, 6.45) is 4.14. The Bertz CT molecular complexity index is 107. The molecule has 1 saturated heterocycles. The van der Waals surface area contributed by atoms with E-state index < -0.39 is 0 Å². The lowest BCUT2D eigenvalue weighted by atomic mass is 9.81. The van der Waals surface area contributed by atoms with Gasteiger partial charge in [-0.25, -0.2) is 0 Å². The van der Waals surface area contributed by atoms with E-state index in [9.17, 15) is 0 Å². The lowest BCUT2D eigenvalue weighted by Gasteiger charge is -2.34. The van der Waals surface area contributed by atoms with Gasteiger partial charge in [0.2, 0.25) is 0 Å².